The summed E-state index contributed by atoms with van der Waals surface area (Å²) < 4.78 is 27.2. The van der Waals surface area contributed by atoms with Crippen LogP contribution in [0.25, 0.3) is 0 Å². The lowest BCUT2D eigenvalue weighted by molar-refractivity contribution is -0.272. The third-order valence-electron chi connectivity index (χ3n) is 3.41. The molecule has 26 heavy (non-hydrogen) atoms. The molecule has 0 aromatic heterocycles. The van der Waals surface area contributed by atoms with Gasteiger partial charge in [-0.2, -0.15) is 0 Å². The van der Waals surface area contributed by atoms with Crippen LogP contribution >= 0.6 is 0 Å². The molecule has 0 bridgehead atoms. The van der Waals surface area contributed by atoms with Gasteiger partial charge in [0.05, 0.1) is 0 Å². The summed E-state index contributed by atoms with van der Waals surface area (Å²) in [4.78, 5) is 38.8. The first-order valence-electron chi connectivity index (χ1n) is 8.41. The first-order valence-corrected chi connectivity index (χ1v) is 8.41. The van der Waals surface area contributed by atoms with E-state index < -0.39 is 48.6 Å². The highest BCUT2D eigenvalue weighted by Crippen LogP contribution is 2.29. The van der Waals surface area contributed by atoms with Crippen LogP contribution in [0.15, 0.2) is 4.99 Å². The lowest BCUT2D eigenvalue weighted by Crippen LogP contribution is -2.61. The molecule has 5 atom stereocenters. The molecule has 9 heteroatoms. The largest absolute Gasteiger partial charge is 0.463 e. The van der Waals surface area contributed by atoms with Crippen LogP contribution in [0.5, 0.6) is 0 Å². The summed E-state index contributed by atoms with van der Waals surface area (Å²) in [5, 5.41) is 0. The van der Waals surface area contributed by atoms with Gasteiger partial charge < -0.3 is 23.7 Å². The lowest BCUT2D eigenvalue weighted by atomic mass is 9.96. The van der Waals surface area contributed by atoms with Crippen LogP contribution < -0.4 is 0 Å². The van der Waals surface area contributed by atoms with E-state index in [1.807, 2.05) is 0 Å². The van der Waals surface area contributed by atoms with Gasteiger partial charge in [0.25, 0.3) is 0 Å². The maximum atomic E-state index is 11.6. The molecule has 0 aromatic rings. The normalized spacial score (nSPS) is 28.0. The second-order valence-electron chi connectivity index (χ2n) is 6.02. The Morgan fingerprint density at radius 1 is 0.923 bits per heavy atom. The van der Waals surface area contributed by atoms with E-state index in [2.05, 4.69) is 4.99 Å². The number of carbonyl (C=O) groups is 3. The minimum Gasteiger partial charge on any atom is -0.463 e. The van der Waals surface area contributed by atoms with Crippen LogP contribution in [-0.4, -0.2) is 67.5 Å². The van der Waals surface area contributed by atoms with Crippen LogP contribution in [0.1, 0.15) is 41.5 Å². The van der Waals surface area contributed by atoms with Gasteiger partial charge in [0.1, 0.15) is 18.8 Å². The zero-order valence-electron chi connectivity index (χ0n) is 16.0. The molecule has 0 saturated carbocycles. The zero-order chi connectivity index (χ0) is 19.9. The molecule has 1 rings (SSSR count). The Morgan fingerprint density at radius 3 is 1.96 bits per heavy atom. The smallest absolute Gasteiger partial charge is 0.303 e. The van der Waals surface area contributed by atoms with Gasteiger partial charge in [0, 0.05) is 33.1 Å². The average molecular weight is 373 g/mol. The van der Waals surface area contributed by atoms with Crippen LogP contribution in [0.4, 0.5) is 0 Å². The van der Waals surface area contributed by atoms with E-state index in [-0.39, 0.29) is 6.61 Å². The van der Waals surface area contributed by atoms with E-state index in [1.54, 1.807) is 20.8 Å². The average Bonchev–Trinajstić information content (AvgIpc) is 2.50. The topological polar surface area (TPSA) is 110 Å². The first-order chi connectivity index (χ1) is 12.1. The molecule has 0 unspecified atom stereocenters. The number of hydrogen-bond donors (Lipinski definition) is 0. The molecule has 1 heterocycles. The van der Waals surface area contributed by atoms with Crippen molar-refractivity contribution in [2.75, 3.05) is 13.2 Å². The molecule has 0 N–H and O–H groups in total. The third-order valence-corrected chi connectivity index (χ3v) is 3.41. The summed E-state index contributed by atoms with van der Waals surface area (Å²) in [6.07, 6.45) is -3.67. The fourth-order valence-electron chi connectivity index (χ4n) is 2.62. The van der Waals surface area contributed by atoms with Crippen molar-refractivity contribution in [1.29, 1.82) is 0 Å². The van der Waals surface area contributed by atoms with E-state index in [1.165, 1.54) is 20.8 Å². The van der Waals surface area contributed by atoms with Gasteiger partial charge in [-0.15, -0.1) is 0 Å². The van der Waals surface area contributed by atoms with Gasteiger partial charge >= 0.3 is 17.9 Å². The molecular formula is C17H27NO8. The van der Waals surface area contributed by atoms with E-state index in [4.69, 9.17) is 23.7 Å². The van der Waals surface area contributed by atoms with Gasteiger partial charge in [0.2, 0.25) is 0 Å². The molecule has 0 amide bonds. The van der Waals surface area contributed by atoms with E-state index >= 15 is 0 Å². The molecule has 0 radical (unpaired) electrons. The van der Waals surface area contributed by atoms with Crippen LogP contribution in [0.2, 0.25) is 0 Å². The standard InChI is InChI=1S/C17H27NO8/c1-7-22-17-14(18-9(2)3)16(25-12(6)21)15(24-11(5)20)13(26-17)8-23-10(4)19/h13-17H,7-8H2,1-6H3/t13-,14-,15-,16-,17-/m1/s1. The first kappa shape index (κ1) is 22.0. The molecule has 148 valence electrons. The second-order valence-corrected chi connectivity index (χ2v) is 6.02. The number of hydrogen-bond acceptors (Lipinski definition) is 9. The Labute approximate surface area is 153 Å². The molecule has 1 fully saturated rings. The molecule has 0 aromatic carbocycles. The van der Waals surface area contributed by atoms with Crippen molar-refractivity contribution in [3.63, 3.8) is 0 Å². The van der Waals surface area contributed by atoms with Crippen molar-refractivity contribution >= 4 is 23.6 Å². The third kappa shape index (κ3) is 6.72. The Hall–Kier alpha value is -2.00. The maximum Gasteiger partial charge on any atom is 0.303 e. The van der Waals surface area contributed by atoms with E-state index in [0.717, 1.165) is 0 Å². The van der Waals surface area contributed by atoms with Gasteiger partial charge in [-0.05, 0) is 20.8 Å². The highest BCUT2D eigenvalue weighted by Gasteiger charge is 2.50. The number of rotatable bonds is 7. The number of aliphatic imine (C=N–C) groups is 1. The summed E-state index contributed by atoms with van der Waals surface area (Å²) in [7, 11) is 0. The SMILES string of the molecule is CCO[C@@H]1O[C@H](COC(C)=O)[C@@H](OC(C)=O)[C@H](OC(C)=O)[C@H]1N=C(C)C. The predicted molar refractivity (Wildman–Crippen MR) is 90.6 cm³/mol. The van der Waals surface area contributed by atoms with Crippen LogP contribution in [-0.2, 0) is 38.1 Å². The molecule has 1 aliphatic heterocycles. The van der Waals surface area contributed by atoms with Crippen molar-refractivity contribution in [3.8, 4) is 0 Å². The van der Waals surface area contributed by atoms with Gasteiger partial charge in [0.15, 0.2) is 18.5 Å². The molecule has 0 spiro atoms. The minimum absolute atomic E-state index is 0.184. The van der Waals surface area contributed by atoms with Gasteiger partial charge in [-0.1, -0.05) is 0 Å². The fourth-order valence-corrected chi connectivity index (χ4v) is 2.62. The molecule has 1 aliphatic rings. The lowest BCUT2D eigenvalue weighted by Gasteiger charge is -2.43. The fraction of sp³-hybridized carbons (Fsp3) is 0.765. The number of ether oxygens (including phenoxy) is 5. The monoisotopic (exact) mass is 373 g/mol. The van der Waals surface area contributed by atoms with E-state index in [0.29, 0.717) is 12.3 Å². The van der Waals surface area contributed by atoms with Crippen molar-refractivity contribution in [1.82, 2.24) is 0 Å². The Morgan fingerprint density at radius 2 is 1.50 bits per heavy atom. The van der Waals surface area contributed by atoms with Crippen molar-refractivity contribution in [2.45, 2.75) is 72.2 Å². The summed E-state index contributed by atoms with van der Waals surface area (Å²) >= 11 is 0. The highest BCUT2D eigenvalue weighted by atomic mass is 16.7. The molecule has 9 nitrogen and oxygen atoms in total. The summed E-state index contributed by atoms with van der Waals surface area (Å²) in [5.41, 5.74) is 0.709. The Bertz CT molecular complexity index is 543. The highest BCUT2D eigenvalue weighted by molar-refractivity contribution is 5.79. The molecule has 1 saturated heterocycles. The number of nitrogens with zero attached hydrogens (tertiary/aromatic N) is 1. The van der Waals surface area contributed by atoms with Gasteiger partial charge in [-0.3, -0.25) is 19.4 Å². The number of carbonyl (C=O) groups excluding carboxylic acids is 3. The quantitative estimate of drug-likeness (QED) is 0.370. The Kier molecular flexibility index (Phi) is 8.67. The zero-order valence-corrected chi connectivity index (χ0v) is 16.0. The number of esters is 3. The molecule has 0 aliphatic carbocycles. The summed E-state index contributed by atoms with van der Waals surface area (Å²) in [6, 6.07) is -0.734. The Balaban J connectivity index is 3.27. The van der Waals surface area contributed by atoms with Crippen molar-refractivity contribution < 1.29 is 38.1 Å². The van der Waals surface area contributed by atoms with Crippen LogP contribution in [0, 0.1) is 0 Å². The van der Waals surface area contributed by atoms with Crippen molar-refractivity contribution in [3.05, 3.63) is 0 Å². The van der Waals surface area contributed by atoms with E-state index in [9.17, 15) is 14.4 Å². The maximum absolute atomic E-state index is 11.6. The summed E-state index contributed by atoms with van der Waals surface area (Å²) in [6.45, 7) is 9.20. The predicted octanol–water partition coefficient (Wildman–Crippen LogP) is 1.02. The van der Waals surface area contributed by atoms with Crippen molar-refractivity contribution in [2.24, 2.45) is 4.99 Å². The van der Waals surface area contributed by atoms with Crippen LogP contribution in [0.3, 0.4) is 0 Å². The summed E-state index contributed by atoms with van der Waals surface area (Å²) in [5.74, 6) is -1.67. The minimum atomic E-state index is -0.999. The van der Waals surface area contributed by atoms with Gasteiger partial charge in [-0.25, -0.2) is 0 Å². The second kappa shape index (κ2) is 10.2. The molecular weight excluding hydrogens is 346 g/mol.